The molecule has 0 fully saturated rings. The summed E-state index contributed by atoms with van der Waals surface area (Å²) in [6, 6.07) is 22.7. The van der Waals surface area contributed by atoms with Gasteiger partial charge in [0.1, 0.15) is 0 Å². The molecule has 0 aliphatic rings. The summed E-state index contributed by atoms with van der Waals surface area (Å²) in [5.41, 5.74) is 5.78. The van der Waals surface area contributed by atoms with Crippen molar-refractivity contribution in [1.29, 1.82) is 0 Å². The lowest BCUT2D eigenvalue weighted by Gasteiger charge is -2.08. The highest BCUT2D eigenvalue weighted by molar-refractivity contribution is 5.85. The summed E-state index contributed by atoms with van der Waals surface area (Å²) in [5.74, 6) is 0. The molecule has 0 amide bonds. The lowest BCUT2D eigenvalue weighted by molar-refractivity contribution is 1.27. The first-order valence-electron chi connectivity index (χ1n) is 7.09. The zero-order valence-corrected chi connectivity index (χ0v) is 14.5. The van der Waals surface area contributed by atoms with E-state index in [1.807, 2.05) is 42.6 Å². The van der Waals surface area contributed by atoms with Gasteiger partial charge in [-0.1, -0.05) is 72.8 Å². The van der Waals surface area contributed by atoms with E-state index in [1.54, 1.807) is 0 Å². The lowest BCUT2D eigenvalue weighted by atomic mass is 10.0. The summed E-state index contributed by atoms with van der Waals surface area (Å²) < 4.78 is 0. The predicted molar refractivity (Wildman–Crippen MR) is 104 cm³/mol. The number of hydrogen-bond donors (Lipinski definition) is 0. The highest BCUT2D eigenvalue weighted by Gasteiger charge is 2.06. The van der Waals surface area contributed by atoms with Gasteiger partial charge in [-0.25, -0.2) is 0 Å². The first kappa shape index (κ1) is 19.0. The summed E-state index contributed by atoms with van der Waals surface area (Å²) in [4.78, 5) is 4.57. The first-order chi connectivity index (χ1) is 10.3. The summed E-state index contributed by atoms with van der Waals surface area (Å²) in [7, 11) is 0. The molecule has 0 bridgehead atoms. The van der Waals surface area contributed by atoms with Gasteiger partial charge in [-0.15, -0.1) is 24.8 Å². The molecule has 0 radical (unpaired) electrons. The molecule has 0 N–H and O–H groups in total. The van der Waals surface area contributed by atoms with E-state index < -0.39 is 0 Å². The van der Waals surface area contributed by atoms with Gasteiger partial charge in [-0.3, -0.25) is 4.98 Å². The van der Waals surface area contributed by atoms with E-state index in [2.05, 4.69) is 54.4 Å². The molecular weight excluding hydrogens is 325 g/mol. The molecular formula is C20H19Cl2N. The van der Waals surface area contributed by atoms with Crippen LogP contribution in [0.2, 0.25) is 0 Å². The predicted octanol–water partition coefficient (Wildman–Crippen LogP) is 6.07. The highest BCUT2D eigenvalue weighted by atomic mass is 35.5. The first-order valence-corrected chi connectivity index (χ1v) is 7.09. The van der Waals surface area contributed by atoms with E-state index in [0.29, 0.717) is 0 Å². The number of aryl methyl sites for hydroxylation is 1. The number of pyridine rings is 1. The maximum Gasteiger partial charge on any atom is 0.0776 e. The third-order valence-electron chi connectivity index (χ3n) is 3.50. The number of nitrogens with zero attached hydrogens (tertiary/aromatic N) is 1. The number of rotatable bonds is 3. The van der Waals surface area contributed by atoms with E-state index in [0.717, 1.165) is 11.3 Å². The van der Waals surface area contributed by atoms with Crippen LogP contribution in [0.25, 0.3) is 23.4 Å². The van der Waals surface area contributed by atoms with E-state index in [9.17, 15) is 0 Å². The van der Waals surface area contributed by atoms with Crippen LogP contribution < -0.4 is 0 Å². The molecule has 23 heavy (non-hydrogen) atoms. The van der Waals surface area contributed by atoms with Crippen molar-refractivity contribution >= 4 is 37.0 Å². The van der Waals surface area contributed by atoms with Gasteiger partial charge in [0.2, 0.25) is 0 Å². The van der Waals surface area contributed by atoms with Crippen molar-refractivity contribution in [3.8, 4) is 11.3 Å². The number of halogens is 2. The van der Waals surface area contributed by atoms with Gasteiger partial charge in [0, 0.05) is 17.3 Å². The molecule has 0 unspecified atom stereocenters. The van der Waals surface area contributed by atoms with Crippen molar-refractivity contribution in [2.75, 3.05) is 0 Å². The molecule has 118 valence electrons. The van der Waals surface area contributed by atoms with Gasteiger partial charge in [0.25, 0.3) is 0 Å². The quantitative estimate of drug-likeness (QED) is 0.562. The van der Waals surface area contributed by atoms with E-state index >= 15 is 0 Å². The molecule has 1 heterocycles. The van der Waals surface area contributed by atoms with Gasteiger partial charge >= 0.3 is 0 Å². The van der Waals surface area contributed by atoms with E-state index in [4.69, 9.17) is 0 Å². The molecule has 0 saturated heterocycles. The molecule has 3 aromatic rings. The fraction of sp³-hybridized carbons (Fsp3) is 0.0500. The largest absolute Gasteiger partial charge is 0.256 e. The molecule has 1 aromatic heterocycles. The second-order valence-electron chi connectivity index (χ2n) is 5.00. The van der Waals surface area contributed by atoms with Crippen molar-refractivity contribution in [3.05, 3.63) is 89.6 Å². The second kappa shape index (κ2) is 9.14. The summed E-state index contributed by atoms with van der Waals surface area (Å²) in [6.07, 6.45) is 6.16. The molecule has 1 nitrogen and oxygen atoms in total. The minimum absolute atomic E-state index is 0. The molecule has 0 saturated carbocycles. The maximum absolute atomic E-state index is 4.57. The Morgan fingerprint density at radius 3 is 2.00 bits per heavy atom. The van der Waals surface area contributed by atoms with Crippen LogP contribution in [0.1, 0.15) is 16.7 Å². The third-order valence-corrected chi connectivity index (χ3v) is 3.50. The smallest absolute Gasteiger partial charge is 0.0776 e. The monoisotopic (exact) mass is 343 g/mol. The van der Waals surface area contributed by atoms with Crippen LogP contribution in [0.15, 0.2) is 72.9 Å². The topological polar surface area (TPSA) is 12.9 Å². The van der Waals surface area contributed by atoms with Crippen molar-refractivity contribution in [2.24, 2.45) is 0 Å². The average molecular weight is 344 g/mol. The molecule has 0 atom stereocenters. The van der Waals surface area contributed by atoms with Crippen LogP contribution in [-0.2, 0) is 0 Å². The molecule has 0 spiro atoms. The van der Waals surface area contributed by atoms with Gasteiger partial charge in [0.15, 0.2) is 0 Å². The van der Waals surface area contributed by atoms with Crippen LogP contribution in [0.4, 0.5) is 0 Å². The molecule has 3 rings (SSSR count). The Balaban J connectivity index is 0.00000132. The molecule has 3 heteroatoms. The maximum atomic E-state index is 4.57. The Hall–Kier alpha value is -2.09. The zero-order chi connectivity index (χ0) is 14.5. The van der Waals surface area contributed by atoms with E-state index in [1.165, 1.54) is 16.7 Å². The molecule has 0 aliphatic heterocycles. The fourth-order valence-electron chi connectivity index (χ4n) is 2.35. The third kappa shape index (κ3) is 4.69. The van der Waals surface area contributed by atoms with Crippen molar-refractivity contribution in [1.82, 2.24) is 4.98 Å². The average Bonchev–Trinajstić information content (AvgIpc) is 2.55. The van der Waals surface area contributed by atoms with Crippen molar-refractivity contribution in [2.45, 2.75) is 6.92 Å². The van der Waals surface area contributed by atoms with Crippen LogP contribution in [0, 0.1) is 6.92 Å². The fourth-order valence-corrected chi connectivity index (χ4v) is 2.35. The molecule has 2 aromatic carbocycles. The Morgan fingerprint density at radius 1 is 0.739 bits per heavy atom. The van der Waals surface area contributed by atoms with Crippen LogP contribution >= 0.6 is 24.8 Å². The van der Waals surface area contributed by atoms with Gasteiger partial charge < -0.3 is 0 Å². The number of hydrogen-bond acceptors (Lipinski definition) is 1. The van der Waals surface area contributed by atoms with Gasteiger partial charge in [0.05, 0.1) is 5.69 Å². The Labute approximate surface area is 149 Å². The van der Waals surface area contributed by atoms with Crippen LogP contribution in [0.5, 0.6) is 0 Å². The Kier molecular flexibility index (Phi) is 7.53. The van der Waals surface area contributed by atoms with Crippen molar-refractivity contribution in [3.63, 3.8) is 0 Å². The molecule has 0 aliphatic carbocycles. The summed E-state index contributed by atoms with van der Waals surface area (Å²) in [6.45, 7) is 2.12. The zero-order valence-electron chi connectivity index (χ0n) is 12.8. The summed E-state index contributed by atoms with van der Waals surface area (Å²) >= 11 is 0. The number of aromatic nitrogens is 1. The van der Waals surface area contributed by atoms with Crippen LogP contribution in [0.3, 0.4) is 0 Å². The van der Waals surface area contributed by atoms with Crippen LogP contribution in [-0.4, -0.2) is 4.98 Å². The Morgan fingerprint density at radius 2 is 1.35 bits per heavy atom. The minimum Gasteiger partial charge on any atom is -0.256 e. The Bertz CT molecular complexity index is 753. The standard InChI is InChI=1S/C20H17N.2ClH/c1-16-14-15-21-20(18-10-6-3-7-11-18)19(16)13-12-17-8-4-2-5-9-17;;/h2-15H,1H3;2*1H. The highest BCUT2D eigenvalue weighted by Crippen LogP contribution is 2.25. The summed E-state index contributed by atoms with van der Waals surface area (Å²) in [5, 5.41) is 0. The van der Waals surface area contributed by atoms with Gasteiger partial charge in [-0.2, -0.15) is 0 Å². The lowest BCUT2D eigenvalue weighted by Crippen LogP contribution is -1.91. The second-order valence-corrected chi connectivity index (χ2v) is 5.00. The number of benzene rings is 2. The normalized spacial score (nSPS) is 9.96. The SMILES string of the molecule is Cc1ccnc(-c2ccccc2)c1C=Cc1ccccc1.Cl.Cl. The van der Waals surface area contributed by atoms with Crippen molar-refractivity contribution < 1.29 is 0 Å². The minimum atomic E-state index is 0. The van der Waals surface area contributed by atoms with E-state index in [-0.39, 0.29) is 24.8 Å². The van der Waals surface area contributed by atoms with Gasteiger partial charge in [-0.05, 0) is 24.1 Å².